The highest BCUT2D eigenvalue weighted by atomic mass is 32.1. The molecular weight excluding hydrogens is 270 g/mol. The van der Waals surface area contributed by atoms with E-state index in [1.165, 1.54) is 16.0 Å². The molecule has 0 aliphatic carbocycles. The molecule has 2 aromatic rings. The van der Waals surface area contributed by atoms with E-state index in [0.29, 0.717) is 0 Å². The quantitative estimate of drug-likeness (QED) is 0.394. The third kappa shape index (κ3) is 2.69. The first kappa shape index (κ1) is 13.1. The standard InChI is InChI=1S/C15H17N3OS/c16-15(17-19)12-3-1-11(2-4-12)9-18-7-5-14-13(10-18)6-8-20-14/h1-4,6,8,19H,5,7,9-10H2,(H2,16,17). The average Bonchev–Trinajstić information content (AvgIpc) is 2.95. The van der Waals surface area contributed by atoms with Gasteiger partial charge in [0.15, 0.2) is 5.84 Å². The largest absolute Gasteiger partial charge is 0.409 e. The highest BCUT2D eigenvalue weighted by Crippen LogP contribution is 2.25. The van der Waals surface area contributed by atoms with Crippen molar-refractivity contribution < 1.29 is 5.21 Å². The predicted molar refractivity (Wildman–Crippen MR) is 81.1 cm³/mol. The number of amidine groups is 1. The summed E-state index contributed by atoms with van der Waals surface area (Å²) in [7, 11) is 0. The van der Waals surface area contributed by atoms with Gasteiger partial charge in [-0.2, -0.15) is 0 Å². The van der Waals surface area contributed by atoms with E-state index in [-0.39, 0.29) is 5.84 Å². The van der Waals surface area contributed by atoms with Gasteiger partial charge in [-0.25, -0.2) is 0 Å². The molecule has 0 saturated carbocycles. The molecule has 0 saturated heterocycles. The van der Waals surface area contributed by atoms with Crippen molar-refractivity contribution in [2.24, 2.45) is 10.9 Å². The summed E-state index contributed by atoms with van der Waals surface area (Å²) in [5.74, 6) is 0.150. The number of thiophene rings is 1. The molecule has 1 aromatic heterocycles. The normalized spacial score (nSPS) is 16.1. The summed E-state index contributed by atoms with van der Waals surface area (Å²) in [5.41, 5.74) is 9.02. The van der Waals surface area contributed by atoms with Crippen LogP contribution in [0.2, 0.25) is 0 Å². The molecule has 1 aliphatic rings. The van der Waals surface area contributed by atoms with Crippen LogP contribution in [0.4, 0.5) is 0 Å². The summed E-state index contributed by atoms with van der Waals surface area (Å²) in [6.07, 6.45) is 1.15. The molecule has 20 heavy (non-hydrogen) atoms. The molecule has 0 spiro atoms. The number of nitrogens with two attached hydrogens (primary N) is 1. The van der Waals surface area contributed by atoms with Crippen LogP contribution in [0.25, 0.3) is 0 Å². The Morgan fingerprint density at radius 3 is 2.85 bits per heavy atom. The van der Waals surface area contributed by atoms with Crippen molar-refractivity contribution in [3.05, 3.63) is 57.3 Å². The van der Waals surface area contributed by atoms with Crippen molar-refractivity contribution in [2.45, 2.75) is 19.5 Å². The molecular formula is C15H17N3OS. The molecule has 5 heteroatoms. The monoisotopic (exact) mass is 287 g/mol. The fourth-order valence-electron chi connectivity index (χ4n) is 2.54. The molecule has 4 nitrogen and oxygen atoms in total. The minimum absolute atomic E-state index is 0.150. The van der Waals surface area contributed by atoms with E-state index < -0.39 is 0 Å². The van der Waals surface area contributed by atoms with Gasteiger partial charge >= 0.3 is 0 Å². The zero-order valence-corrected chi connectivity index (χ0v) is 11.9. The van der Waals surface area contributed by atoms with Crippen LogP contribution in [-0.2, 0) is 19.5 Å². The third-order valence-corrected chi connectivity index (χ3v) is 4.67. The Kier molecular flexibility index (Phi) is 3.71. The summed E-state index contributed by atoms with van der Waals surface area (Å²) in [6.45, 7) is 3.07. The van der Waals surface area contributed by atoms with Crippen LogP contribution in [0.1, 0.15) is 21.6 Å². The maximum Gasteiger partial charge on any atom is 0.170 e. The molecule has 1 aliphatic heterocycles. The lowest BCUT2D eigenvalue weighted by atomic mass is 10.1. The molecule has 2 heterocycles. The van der Waals surface area contributed by atoms with Gasteiger partial charge in [-0.3, -0.25) is 4.90 Å². The Hall–Kier alpha value is -1.85. The summed E-state index contributed by atoms with van der Waals surface area (Å²) in [5, 5.41) is 13.8. The van der Waals surface area contributed by atoms with Crippen molar-refractivity contribution in [1.29, 1.82) is 0 Å². The first-order valence-electron chi connectivity index (χ1n) is 6.60. The number of benzene rings is 1. The van der Waals surface area contributed by atoms with Gasteiger partial charge in [0.05, 0.1) is 0 Å². The van der Waals surface area contributed by atoms with E-state index in [0.717, 1.165) is 31.6 Å². The van der Waals surface area contributed by atoms with E-state index >= 15 is 0 Å². The highest BCUT2D eigenvalue weighted by molar-refractivity contribution is 7.10. The minimum Gasteiger partial charge on any atom is -0.409 e. The van der Waals surface area contributed by atoms with Gasteiger partial charge in [-0.05, 0) is 29.0 Å². The number of rotatable bonds is 3. The fourth-order valence-corrected chi connectivity index (χ4v) is 3.43. The van der Waals surface area contributed by atoms with Gasteiger partial charge in [0.25, 0.3) is 0 Å². The zero-order valence-electron chi connectivity index (χ0n) is 11.1. The molecule has 0 atom stereocenters. The lowest BCUT2D eigenvalue weighted by Crippen LogP contribution is -2.29. The Labute approximate surface area is 122 Å². The fraction of sp³-hybridized carbons (Fsp3) is 0.267. The predicted octanol–water partition coefficient (Wildman–Crippen LogP) is 2.40. The van der Waals surface area contributed by atoms with Crippen molar-refractivity contribution >= 4 is 17.2 Å². The average molecular weight is 287 g/mol. The van der Waals surface area contributed by atoms with Gasteiger partial charge in [0.1, 0.15) is 0 Å². The number of oxime groups is 1. The molecule has 0 amide bonds. The van der Waals surface area contributed by atoms with Crippen LogP contribution < -0.4 is 5.73 Å². The van der Waals surface area contributed by atoms with Crippen molar-refractivity contribution in [3.63, 3.8) is 0 Å². The molecule has 0 fully saturated rings. The molecule has 0 radical (unpaired) electrons. The molecule has 1 aromatic carbocycles. The van der Waals surface area contributed by atoms with Crippen molar-refractivity contribution in [3.8, 4) is 0 Å². The van der Waals surface area contributed by atoms with Crippen LogP contribution in [0.5, 0.6) is 0 Å². The maximum atomic E-state index is 8.65. The third-order valence-electron chi connectivity index (χ3n) is 3.65. The van der Waals surface area contributed by atoms with Gasteiger partial charge in [-0.1, -0.05) is 29.4 Å². The van der Waals surface area contributed by atoms with Gasteiger partial charge in [-0.15, -0.1) is 11.3 Å². The SMILES string of the molecule is N/C(=N\O)c1ccc(CN2CCc3sccc3C2)cc1. The Balaban J connectivity index is 1.67. The Morgan fingerprint density at radius 2 is 2.10 bits per heavy atom. The number of hydrogen-bond donors (Lipinski definition) is 2. The highest BCUT2D eigenvalue weighted by Gasteiger charge is 2.17. The first-order chi connectivity index (χ1) is 9.76. The molecule has 0 bridgehead atoms. The van der Waals surface area contributed by atoms with E-state index in [4.69, 9.17) is 10.9 Å². The number of fused-ring (bicyclic) bond motifs is 1. The topological polar surface area (TPSA) is 61.9 Å². The summed E-state index contributed by atoms with van der Waals surface area (Å²) in [4.78, 5) is 3.98. The zero-order chi connectivity index (χ0) is 13.9. The molecule has 3 rings (SSSR count). The van der Waals surface area contributed by atoms with E-state index in [1.807, 2.05) is 35.6 Å². The van der Waals surface area contributed by atoms with Gasteiger partial charge in [0, 0.05) is 30.1 Å². The number of hydrogen-bond acceptors (Lipinski definition) is 4. The smallest absolute Gasteiger partial charge is 0.170 e. The van der Waals surface area contributed by atoms with Crippen molar-refractivity contribution in [1.82, 2.24) is 4.90 Å². The van der Waals surface area contributed by atoms with E-state index in [9.17, 15) is 0 Å². The summed E-state index contributed by atoms with van der Waals surface area (Å²) >= 11 is 1.86. The number of nitrogens with zero attached hydrogens (tertiary/aromatic N) is 2. The van der Waals surface area contributed by atoms with Crippen LogP contribution >= 0.6 is 11.3 Å². The second kappa shape index (κ2) is 5.64. The lowest BCUT2D eigenvalue weighted by Gasteiger charge is -2.26. The van der Waals surface area contributed by atoms with Crippen molar-refractivity contribution in [2.75, 3.05) is 6.54 Å². The van der Waals surface area contributed by atoms with Crippen LogP contribution in [0.15, 0.2) is 40.9 Å². The summed E-state index contributed by atoms with van der Waals surface area (Å²) < 4.78 is 0. The van der Waals surface area contributed by atoms with Crippen LogP contribution in [-0.4, -0.2) is 22.5 Å². The molecule has 0 unspecified atom stereocenters. The summed E-state index contributed by atoms with van der Waals surface area (Å²) in [6, 6.07) is 10.1. The Morgan fingerprint density at radius 1 is 1.30 bits per heavy atom. The van der Waals surface area contributed by atoms with Crippen LogP contribution in [0.3, 0.4) is 0 Å². The second-order valence-corrected chi connectivity index (χ2v) is 6.01. The maximum absolute atomic E-state index is 8.65. The van der Waals surface area contributed by atoms with Gasteiger partial charge < -0.3 is 10.9 Å². The van der Waals surface area contributed by atoms with Gasteiger partial charge in [0.2, 0.25) is 0 Å². The molecule has 104 valence electrons. The van der Waals surface area contributed by atoms with Crippen LogP contribution in [0, 0.1) is 0 Å². The first-order valence-corrected chi connectivity index (χ1v) is 7.48. The van der Waals surface area contributed by atoms with E-state index in [1.54, 1.807) is 0 Å². The Bertz CT molecular complexity index is 618. The second-order valence-electron chi connectivity index (χ2n) is 5.01. The lowest BCUT2D eigenvalue weighted by molar-refractivity contribution is 0.247. The molecule has 3 N–H and O–H groups in total. The minimum atomic E-state index is 0.150. The van der Waals surface area contributed by atoms with E-state index in [2.05, 4.69) is 21.5 Å².